The molecule has 0 saturated carbocycles. The summed E-state index contributed by atoms with van der Waals surface area (Å²) in [6.07, 6.45) is -3.29. The number of aliphatic hydroxyl groups excluding tert-OH is 1. The van der Waals surface area contributed by atoms with E-state index in [0.717, 1.165) is 5.56 Å². The summed E-state index contributed by atoms with van der Waals surface area (Å²) < 4.78 is 37.9. The number of benzene rings is 1. The highest BCUT2D eigenvalue weighted by atomic mass is 31.2. The lowest BCUT2D eigenvalue weighted by molar-refractivity contribution is -0.153. The van der Waals surface area contributed by atoms with Crippen LogP contribution in [0.5, 0.6) is 5.75 Å². The van der Waals surface area contributed by atoms with E-state index in [0.29, 0.717) is 0 Å². The molecular formula is C25H35N6O9P. The number of hydrogen-bond donors (Lipinski definition) is 5. The van der Waals surface area contributed by atoms with Gasteiger partial charge < -0.3 is 29.9 Å². The molecule has 1 saturated heterocycles. The Kier molecular flexibility index (Phi) is 8.33. The summed E-state index contributed by atoms with van der Waals surface area (Å²) in [4.78, 5) is 35.3. The largest absolute Gasteiger partial charge is 0.462 e. The van der Waals surface area contributed by atoms with E-state index in [1.54, 1.807) is 38.1 Å². The van der Waals surface area contributed by atoms with Gasteiger partial charge in [0.15, 0.2) is 17.4 Å². The van der Waals surface area contributed by atoms with Gasteiger partial charge in [0.1, 0.15) is 29.1 Å². The van der Waals surface area contributed by atoms with Gasteiger partial charge in [-0.15, -0.1) is 0 Å². The monoisotopic (exact) mass is 594 g/mol. The Morgan fingerprint density at radius 2 is 2.00 bits per heavy atom. The van der Waals surface area contributed by atoms with Crippen LogP contribution in [0.15, 0.2) is 35.4 Å². The molecule has 5 atom stereocenters. The molecule has 2 aromatic heterocycles. The Balaban J connectivity index is 1.59. The van der Waals surface area contributed by atoms with Crippen LogP contribution < -0.4 is 20.9 Å². The van der Waals surface area contributed by atoms with E-state index in [-0.39, 0.29) is 22.9 Å². The predicted molar refractivity (Wildman–Crippen MR) is 147 cm³/mol. The highest BCUT2D eigenvalue weighted by molar-refractivity contribution is 7.52. The van der Waals surface area contributed by atoms with Crippen LogP contribution in [0.1, 0.15) is 46.4 Å². The first-order chi connectivity index (χ1) is 19.0. The number of nitrogens with one attached hydrogen (secondary N) is 2. The van der Waals surface area contributed by atoms with Gasteiger partial charge >= 0.3 is 13.7 Å². The van der Waals surface area contributed by atoms with Crippen molar-refractivity contribution < 1.29 is 38.1 Å². The Labute approximate surface area is 235 Å². The third-order valence-corrected chi connectivity index (χ3v) is 8.16. The van der Waals surface area contributed by atoms with E-state index in [2.05, 4.69) is 20.0 Å². The number of rotatable bonds is 10. The molecule has 0 amide bonds. The molecule has 224 valence electrons. The second kappa shape index (κ2) is 11.2. The minimum atomic E-state index is -4.35. The fourth-order valence-electron chi connectivity index (χ4n) is 4.23. The Morgan fingerprint density at radius 1 is 1.34 bits per heavy atom. The summed E-state index contributed by atoms with van der Waals surface area (Å²) in [6.45, 7) is 8.91. The van der Waals surface area contributed by atoms with E-state index in [9.17, 15) is 24.4 Å². The number of esters is 1. The van der Waals surface area contributed by atoms with Crippen LogP contribution in [0, 0.1) is 6.92 Å². The number of nitrogens with zero attached hydrogens (tertiary/aromatic N) is 3. The molecular weight excluding hydrogens is 559 g/mol. The van der Waals surface area contributed by atoms with Gasteiger partial charge in [-0.2, -0.15) is 10.1 Å². The van der Waals surface area contributed by atoms with Gasteiger partial charge in [0.25, 0.3) is 5.56 Å². The quantitative estimate of drug-likeness (QED) is 0.167. The number of aryl methyl sites for hydroxylation is 1. The zero-order valence-electron chi connectivity index (χ0n) is 23.5. The molecule has 1 aromatic carbocycles. The van der Waals surface area contributed by atoms with Crippen LogP contribution in [0.3, 0.4) is 0 Å². The first kappa shape index (κ1) is 30.6. The maximum Gasteiger partial charge on any atom is 0.459 e. The van der Waals surface area contributed by atoms with Crippen LogP contribution in [-0.4, -0.2) is 71.8 Å². The van der Waals surface area contributed by atoms with Crippen molar-refractivity contribution in [3.05, 3.63) is 46.5 Å². The number of aromatic nitrogens is 4. The van der Waals surface area contributed by atoms with Crippen LogP contribution in [0.2, 0.25) is 0 Å². The van der Waals surface area contributed by atoms with Gasteiger partial charge in [0.2, 0.25) is 5.95 Å². The second-order valence-electron chi connectivity index (χ2n) is 10.9. The van der Waals surface area contributed by atoms with Crippen molar-refractivity contribution in [1.82, 2.24) is 24.6 Å². The first-order valence-electron chi connectivity index (χ1n) is 12.8. The zero-order chi connectivity index (χ0) is 30.3. The third-order valence-electron chi connectivity index (χ3n) is 6.38. The van der Waals surface area contributed by atoms with Gasteiger partial charge in [-0.25, -0.2) is 9.55 Å². The molecule has 4 rings (SSSR count). The lowest BCUT2D eigenvalue weighted by Crippen LogP contribution is -2.48. The minimum Gasteiger partial charge on any atom is -0.462 e. The van der Waals surface area contributed by atoms with Gasteiger partial charge in [-0.3, -0.25) is 23.7 Å². The van der Waals surface area contributed by atoms with E-state index in [1.807, 2.05) is 6.92 Å². The van der Waals surface area contributed by atoms with E-state index >= 15 is 0 Å². The lowest BCUT2D eigenvalue weighted by atomic mass is 9.96. The summed E-state index contributed by atoms with van der Waals surface area (Å²) in [5.41, 5.74) is 2.53. The normalized spacial score (nSPS) is 24.5. The van der Waals surface area contributed by atoms with Crippen LogP contribution >= 0.6 is 7.75 Å². The van der Waals surface area contributed by atoms with Crippen molar-refractivity contribution in [3.8, 4) is 5.75 Å². The van der Waals surface area contributed by atoms with Crippen molar-refractivity contribution in [3.63, 3.8) is 0 Å². The number of nitrogen functional groups attached to an aromatic ring is 1. The van der Waals surface area contributed by atoms with Gasteiger partial charge in [0.05, 0.1) is 19.0 Å². The number of aromatic amines is 1. The molecule has 1 aliphatic heterocycles. The number of ether oxygens (including phenoxy) is 2. The molecule has 0 radical (unpaired) electrons. The van der Waals surface area contributed by atoms with Crippen molar-refractivity contribution in [2.75, 3.05) is 12.3 Å². The maximum absolute atomic E-state index is 14.0. The van der Waals surface area contributed by atoms with Crippen molar-refractivity contribution in [2.45, 2.75) is 77.2 Å². The second-order valence-corrected chi connectivity index (χ2v) is 12.5. The average molecular weight is 595 g/mol. The fourth-order valence-corrected chi connectivity index (χ4v) is 5.91. The number of imidazole rings is 1. The topological polar surface area (TPSA) is 213 Å². The summed E-state index contributed by atoms with van der Waals surface area (Å²) >= 11 is 0. The molecule has 41 heavy (non-hydrogen) atoms. The molecule has 3 aromatic rings. The summed E-state index contributed by atoms with van der Waals surface area (Å²) in [6, 6.07) is 6.65. The molecule has 15 nitrogen and oxygen atoms in total. The van der Waals surface area contributed by atoms with E-state index in [1.165, 1.54) is 31.7 Å². The van der Waals surface area contributed by atoms with Crippen LogP contribution in [0.4, 0.5) is 5.95 Å². The summed E-state index contributed by atoms with van der Waals surface area (Å²) in [7, 11) is -4.35. The molecule has 0 bridgehead atoms. The number of hydrogen-bond acceptors (Lipinski definition) is 12. The molecule has 1 fully saturated rings. The number of anilines is 1. The van der Waals surface area contributed by atoms with Gasteiger partial charge in [0, 0.05) is 0 Å². The number of nitrogens with two attached hydrogens (primary N) is 1. The molecule has 6 N–H and O–H groups in total. The van der Waals surface area contributed by atoms with Crippen molar-refractivity contribution in [2.24, 2.45) is 0 Å². The van der Waals surface area contributed by atoms with Crippen LogP contribution in [0.25, 0.3) is 11.2 Å². The lowest BCUT2D eigenvalue weighted by Gasteiger charge is -2.30. The van der Waals surface area contributed by atoms with Gasteiger partial charge in [-0.05, 0) is 53.7 Å². The average Bonchev–Trinajstić information content (AvgIpc) is 3.37. The fraction of sp³-hybridized carbons (Fsp3) is 0.520. The summed E-state index contributed by atoms with van der Waals surface area (Å²) in [5.74, 6) is -0.685. The van der Waals surface area contributed by atoms with Crippen LogP contribution in [-0.2, 0) is 23.4 Å². The Morgan fingerprint density at radius 3 is 2.63 bits per heavy atom. The van der Waals surface area contributed by atoms with Crippen molar-refractivity contribution >= 4 is 30.8 Å². The van der Waals surface area contributed by atoms with E-state index in [4.69, 9.17) is 24.3 Å². The molecule has 3 heterocycles. The van der Waals surface area contributed by atoms with Crippen molar-refractivity contribution in [1.29, 1.82) is 0 Å². The predicted octanol–water partition coefficient (Wildman–Crippen LogP) is 1.54. The minimum absolute atomic E-state index is 0.0192. The standard InChI is InChI=1S/C25H35N6O9P/c1-13(2)38-22(34)24(4,5)30-41(36,40-15-9-7-14(3)8-10-15)37-11-16-18(32)25(6,35)21(39-16)31-12-27-17-19(31)28-23(26)29-20(17)33/h7-10,12-13,16,18,21,32,35H,11H2,1-6H3,(H,30,36)(H3,26,28,29,33)/t16?,18-,21?,25-,41?/m1/s1. The molecule has 0 spiro atoms. The SMILES string of the molecule is Cc1ccc(OP(=O)(NC(C)(C)C(=O)OC(C)C)OCC2OC(n3cnc4c(=O)[nH]c(N)nc43)[C@](C)(O)[C@@H]2O)cc1. The molecule has 16 heteroatoms. The number of carbonyl (C=O) groups is 1. The molecule has 1 aliphatic rings. The number of fused-ring (bicyclic) bond motifs is 1. The number of carbonyl (C=O) groups excluding carboxylic acids is 1. The first-order valence-corrected chi connectivity index (χ1v) is 14.4. The third kappa shape index (κ3) is 6.45. The number of aliphatic hydroxyl groups is 2. The highest BCUT2D eigenvalue weighted by Gasteiger charge is 2.54. The summed E-state index contributed by atoms with van der Waals surface area (Å²) in [5, 5.41) is 24.8. The highest BCUT2D eigenvalue weighted by Crippen LogP contribution is 2.48. The zero-order valence-corrected chi connectivity index (χ0v) is 24.4. The molecule has 3 unspecified atom stereocenters. The smallest absolute Gasteiger partial charge is 0.459 e. The van der Waals surface area contributed by atoms with Gasteiger partial charge in [-0.1, -0.05) is 17.7 Å². The number of H-pyrrole nitrogens is 1. The molecule has 0 aliphatic carbocycles. The Hall–Kier alpha value is -3.33. The maximum atomic E-state index is 14.0. The Bertz CT molecular complexity index is 1520. The van der Waals surface area contributed by atoms with E-state index < -0.39 is 61.6 Å².